The van der Waals surface area contributed by atoms with Gasteiger partial charge in [0, 0.05) is 12.2 Å². The second-order valence-corrected chi connectivity index (χ2v) is 4.01. The van der Waals surface area contributed by atoms with Crippen molar-refractivity contribution < 1.29 is 0 Å². The summed E-state index contributed by atoms with van der Waals surface area (Å²) in [5, 5.41) is 3.16. The van der Waals surface area contributed by atoms with Crippen LogP contribution in [-0.4, -0.2) is 21.6 Å². The highest BCUT2D eigenvalue weighted by molar-refractivity contribution is 5.71. The van der Waals surface area contributed by atoms with Crippen LogP contribution < -0.4 is 5.32 Å². The van der Waals surface area contributed by atoms with Crippen LogP contribution in [0.5, 0.6) is 0 Å². The second-order valence-electron chi connectivity index (χ2n) is 4.01. The van der Waals surface area contributed by atoms with Gasteiger partial charge in [0.2, 0.25) is 0 Å². The van der Waals surface area contributed by atoms with E-state index in [1.54, 1.807) is 6.20 Å². The Balaban J connectivity index is 2.19. The number of hydrogen-bond acceptors (Lipinski definition) is 3. The van der Waals surface area contributed by atoms with Gasteiger partial charge in [-0.05, 0) is 32.0 Å². The Labute approximate surface area is 88.3 Å². The fourth-order valence-corrected chi connectivity index (χ4v) is 2.00. The van der Waals surface area contributed by atoms with Crippen LogP contribution in [0.15, 0.2) is 18.3 Å². The molecule has 1 saturated carbocycles. The lowest BCUT2D eigenvalue weighted by molar-refractivity contribution is 0.659. The van der Waals surface area contributed by atoms with Gasteiger partial charge in [-0.25, -0.2) is 9.97 Å². The van der Waals surface area contributed by atoms with Crippen molar-refractivity contribution in [2.45, 2.75) is 25.4 Å². The zero-order valence-electron chi connectivity index (χ0n) is 8.77. The summed E-state index contributed by atoms with van der Waals surface area (Å²) >= 11 is 0. The van der Waals surface area contributed by atoms with Gasteiger partial charge in [-0.3, -0.25) is 0 Å². The van der Waals surface area contributed by atoms with Crippen molar-refractivity contribution >= 4 is 11.2 Å². The van der Waals surface area contributed by atoms with Crippen molar-refractivity contribution in [1.29, 1.82) is 0 Å². The molecule has 1 aliphatic rings. The fraction of sp³-hybridized carbons (Fsp3) is 0.455. The van der Waals surface area contributed by atoms with Gasteiger partial charge in [0.05, 0.1) is 12.1 Å². The minimum atomic E-state index is 0.655. The lowest BCUT2D eigenvalue weighted by Gasteiger charge is -2.05. The van der Waals surface area contributed by atoms with Gasteiger partial charge < -0.3 is 9.88 Å². The van der Waals surface area contributed by atoms with Gasteiger partial charge >= 0.3 is 0 Å². The predicted molar refractivity (Wildman–Crippen MR) is 58.6 cm³/mol. The first kappa shape index (κ1) is 8.85. The molecule has 2 heterocycles. The van der Waals surface area contributed by atoms with Crippen molar-refractivity contribution in [3.05, 3.63) is 24.2 Å². The van der Waals surface area contributed by atoms with Crippen molar-refractivity contribution in [2.24, 2.45) is 0 Å². The van der Waals surface area contributed by atoms with Crippen LogP contribution in [-0.2, 0) is 6.54 Å². The normalized spacial score (nSPS) is 16.1. The van der Waals surface area contributed by atoms with Crippen LogP contribution in [0.25, 0.3) is 11.2 Å². The highest BCUT2D eigenvalue weighted by Gasteiger charge is 2.27. The molecule has 0 radical (unpaired) electrons. The zero-order chi connectivity index (χ0) is 10.3. The Kier molecular flexibility index (Phi) is 1.95. The third-order valence-corrected chi connectivity index (χ3v) is 2.79. The van der Waals surface area contributed by atoms with Gasteiger partial charge in [-0.15, -0.1) is 0 Å². The lowest BCUT2D eigenvalue weighted by Crippen LogP contribution is -2.11. The number of nitrogens with one attached hydrogen (secondary N) is 1. The highest BCUT2D eigenvalue weighted by atomic mass is 15.2. The molecule has 0 atom stereocenters. The summed E-state index contributed by atoms with van der Waals surface area (Å²) in [4.78, 5) is 8.85. The van der Waals surface area contributed by atoms with Crippen molar-refractivity contribution in [1.82, 2.24) is 19.9 Å². The smallest absolute Gasteiger partial charge is 0.177 e. The average molecular weight is 202 g/mol. The summed E-state index contributed by atoms with van der Waals surface area (Å²) in [7, 11) is 1.95. The number of imidazole rings is 1. The van der Waals surface area contributed by atoms with Crippen molar-refractivity contribution in [3.63, 3.8) is 0 Å². The molecule has 0 amide bonds. The molecular weight excluding hydrogens is 188 g/mol. The Hall–Kier alpha value is -1.42. The summed E-state index contributed by atoms with van der Waals surface area (Å²) in [5.74, 6) is 1.11. The van der Waals surface area contributed by atoms with Gasteiger partial charge in [-0.1, -0.05) is 0 Å². The van der Waals surface area contributed by atoms with E-state index >= 15 is 0 Å². The number of nitrogens with zero attached hydrogens (tertiary/aromatic N) is 3. The Morgan fingerprint density at radius 2 is 2.40 bits per heavy atom. The van der Waals surface area contributed by atoms with Gasteiger partial charge in [-0.2, -0.15) is 0 Å². The first-order valence-corrected chi connectivity index (χ1v) is 5.36. The van der Waals surface area contributed by atoms with E-state index in [0.29, 0.717) is 6.04 Å². The van der Waals surface area contributed by atoms with E-state index in [1.807, 2.05) is 13.1 Å². The minimum absolute atomic E-state index is 0.655. The van der Waals surface area contributed by atoms with Crippen LogP contribution in [0.3, 0.4) is 0 Å². The largest absolute Gasteiger partial charge is 0.322 e. The Bertz CT molecular complexity index is 484. The number of hydrogen-bond donors (Lipinski definition) is 1. The monoisotopic (exact) mass is 202 g/mol. The van der Waals surface area contributed by atoms with Crippen LogP contribution in [0, 0.1) is 0 Å². The molecule has 4 nitrogen and oxygen atoms in total. The minimum Gasteiger partial charge on any atom is -0.322 e. The topological polar surface area (TPSA) is 42.7 Å². The van der Waals surface area contributed by atoms with E-state index in [2.05, 4.69) is 25.9 Å². The first-order chi connectivity index (χ1) is 7.40. The summed E-state index contributed by atoms with van der Waals surface area (Å²) < 4.78 is 2.33. The molecule has 1 aliphatic carbocycles. The molecule has 4 heteroatoms. The van der Waals surface area contributed by atoms with Crippen LogP contribution >= 0.6 is 0 Å². The molecule has 2 aromatic rings. The standard InChI is InChI=1S/C11H14N4/c1-12-7-10-14-11-9(3-2-6-13-11)15(10)8-4-5-8/h2-3,6,8,12H,4-5,7H2,1H3. The number of pyridine rings is 1. The van der Waals surface area contributed by atoms with E-state index < -0.39 is 0 Å². The summed E-state index contributed by atoms with van der Waals surface area (Å²) in [6.07, 6.45) is 4.35. The number of rotatable bonds is 3. The van der Waals surface area contributed by atoms with Gasteiger partial charge in [0.1, 0.15) is 5.82 Å². The van der Waals surface area contributed by atoms with Crippen LogP contribution in [0.4, 0.5) is 0 Å². The third kappa shape index (κ3) is 1.41. The molecule has 78 valence electrons. The molecule has 0 bridgehead atoms. The number of fused-ring (bicyclic) bond motifs is 1. The van der Waals surface area contributed by atoms with Gasteiger partial charge in [0.25, 0.3) is 0 Å². The Morgan fingerprint density at radius 3 is 3.13 bits per heavy atom. The molecular formula is C11H14N4. The molecule has 2 aromatic heterocycles. The van der Waals surface area contributed by atoms with Crippen LogP contribution in [0.2, 0.25) is 0 Å². The summed E-state index contributed by atoms with van der Waals surface area (Å²) in [5.41, 5.74) is 2.04. The molecule has 0 saturated heterocycles. The zero-order valence-corrected chi connectivity index (χ0v) is 8.77. The molecule has 0 unspecified atom stereocenters. The van der Waals surface area contributed by atoms with E-state index in [9.17, 15) is 0 Å². The lowest BCUT2D eigenvalue weighted by atomic mass is 10.4. The second kappa shape index (κ2) is 3.31. The molecule has 0 aliphatic heterocycles. The van der Waals surface area contributed by atoms with E-state index in [1.165, 1.54) is 18.4 Å². The third-order valence-electron chi connectivity index (χ3n) is 2.79. The predicted octanol–water partition coefficient (Wildman–Crippen LogP) is 1.49. The van der Waals surface area contributed by atoms with Gasteiger partial charge in [0.15, 0.2) is 5.65 Å². The van der Waals surface area contributed by atoms with Crippen molar-refractivity contribution in [3.8, 4) is 0 Å². The van der Waals surface area contributed by atoms with Crippen molar-refractivity contribution in [2.75, 3.05) is 7.05 Å². The van der Waals surface area contributed by atoms with E-state index in [4.69, 9.17) is 0 Å². The molecule has 1 fully saturated rings. The molecule has 3 rings (SSSR count). The highest BCUT2D eigenvalue weighted by Crippen LogP contribution is 2.38. The van der Waals surface area contributed by atoms with E-state index in [-0.39, 0.29) is 0 Å². The maximum Gasteiger partial charge on any atom is 0.177 e. The SMILES string of the molecule is CNCc1nc2ncccc2n1C1CC1. The molecule has 0 spiro atoms. The maximum absolute atomic E-state index is 4.55. The van der Waals surface area contributed by atoms with Crippen LogP contribution in [0.1, 0.15) is 24.7 Å². The fourth-order valence-electron chi connectivity index (χ4n) is 2.00. The first-order valence-electron chi connectivity index (χ1n) is 5.36. The molecule has 15 heavy (non-hydrogen) atoms. The quantitative estimate of drug-likeness (QED) is 0.820. The maximum atomic E-state index is 4.55. The number of aromatic nitrogens is 3. The molecule has 1 N–H and O–H groups in total. The summed E-state index contributed by atoms with van der Waals surface area (Å²) in [6, 6.07) is 4.74. The molecule has 0 aromatic carbocycles. The van der Waals surface area contributed by atoms with E-state index in [0.717, 1.165) is 18.0 Å². The summed E-state index contributed by atoms with van der Waals surface area (Å²) in [6.45, 7) is 0.812. The Morgan fingerprint density at radius 1 is 1.53 bits per heavy atom. The average Bonchev–Trinajstić information content (AvgIpc) is 3.01.